The Morgan fingerprint density at radius 2 is 1.54 bits per heavy atom. The van der Waals surface area contributed by atoms with Crippen molar-refractivity contribution in [2.24, 2.45) is 5.92 Å². The van der Waals surface area contributed by atoms with Crippen molar-refractivity contribution < 1.29 is 4.74 Å². The SMILES string of the molecule is C/C=C/C1CCC(c2ccc(-c3ccc(COCC#CCC)cc3)cc2)CC1. The average Bonchev–Trinajstić information content (AvgIpc) is 2.75. The van der Waals surface area contributed by atoms with Crippen LogP contribution in [-0.2, 0) is 11.3 Å². The number of allylic oxidation sites excluding steroid dienone is 2. The van der Waals surface area contributed by atoms with Crippen LogP contribution in [0.2, 0.25) is 0 Å². The van der Waals surface area contributed by atoms with Crippen molar-refractivity contribution >= 4 is 0 Å². The van der Waals surface area contributed by atoms with Gasteiger partial charge in [0.1, 0.15) is 6.61 Å². The molecule has 0 spiro atoms. The third-order valence-electron chi connectivity index (χ3n) is 5.65. The van der Waals surface area contributed by atoms with E-state index >= 15 is 0 Å². The van der Waals surface area contributed by atoms with Gasteiger partial charge >= 0.3 is 0 Å². The van der Waals surface area contributed by atoms with E-state index in [-0.39, 0.29) is 0 Å². The normalized spacial score (nSPS) is 19.4. The Balaban J connectivity index is 1.55. The average molecular weight is 373 g/mol. The fourth-order valence-corrected chi connectivity index (χ4v) is 4.05. The van der Waals surface area contributed by atoms with Crippen LogP contribution in [0.1, 0.15) is 63.0 Å². The first-order valence-corrected chi connectivity index (χ1v) is 10.7. The summed E-state index contributed by atoms with van der Waals surface area (Å²) >= 11 is 0. The Kier molecular flexibility index (Phi) is 7.94. The lowest BCUT2D eigenvalue weighted by Crippen LogP contribution is -2.11. The zero-order chi connectivity index (χ0) is 19.6. The Labute approximate surface area is 170 Å². The van der Waals surface area contributed by atoms with Crippen molar-refractivity contribution in [3.05, 3.63) is 71.8 Å². The van der Waals surface area contributed by atoms with Gasteiger partial charge in [-0.15, -0.1) is 5.92 Å². The first-order valence-electron chi connectivity index (χ1n) is 10.7. The molecule has 0 atom stereocenters. The minimum Gasteiger partial charge on any atom is -0.364 e. The standard InChI is InChI=1S/C27H32O/c1-3-5-6-20-28-21-23-10-14-25(15-11-23)27-18-16-26(17-19-27)24-12-8-22(7-4-2)9-13-24/h4,7,10-11,14-19,22,24H,3,8-9,12-13,20-21H2,1-2H3/b7-4+. The van der Waals surface area contributed by atoms with Gasteiger partial charge in [-0.25, -0.2) is 0 Å². The summed E-state index contributed by atoms with van der Waals surface area (Å²) in [6.07, 6.45) is 10.7. The molecule has 0 aliphatic heterocycles. The topological polar surface area (TPSA) is 9.23 Å². The molecule has 1 nitrogen and oxygen atoms in total. The van der Waals surface area contributed by atoms with Crippen molar-refractivity contribution in [3.8, 4) is 23.0 Å². The molecule has 0 heterocycles. The summed E-state index contributed by atoms with van der Waals surface area (Å²) in [5.74, 6) is 7.55. The van der Waals surface area contributed by atoms with Crippen molar-refractivity contribution in [2.45, 2.75) is 58.5 Å². The van der Waals surface area contributed by atoms with E-state index in [2.05, 4.69) is 79.4 Å². The molecule has 0 amide bonds. The van der Waals surface area contributed by atoms with Gasteiger partial charge in [-0.2, -0.15) is 0 Å². The molecular formula is C27H32O. The minimum absolute atomic E-state index is 0.508. The van der Waals surface area contributed by atoms with Gasteiger partial charge in [0.2, 0.25) is 0 Å². The number of rotatable bonds is 6. The van der Waals surface area contributed by atoms with Crippen LogP contribution in [0.5, 0.6) is 0 Å². The fraction of sp³-hybridized carbons (Fsp3) is 0.407. The lowest BCUT2D eigenvalue weighted by molar-refractivity contribution is 0.153. The highest BCUT2D eigenvalue weighted by Gasteiger charge is 2.20. The van der Waals surface area contributed by atoms with Gasteiger partial charge in [-0.3, -0.25) is 0 Å². The first kappa shape index (κ1) is 20.4. The Morgan fingerprint density at radius 1 is 0.893 bits per heavy atom. The molecule has 1 fully saturated rings. The second kappa shape index (κ2) is 10.9. The molecule has 0 bridgehead atoms. The molecule has 2 aromatic rings. The van der Waals surface area contributed by atoms with E-state index in [4.69, 9.17) is 4.74 Å². The van der Waals surface area contributed by atoms with Crippen molar-refractivity contribution in [2.75, 3.05) is 6.61 Å². The predicted molar refractivity (Wildman–Crippen MR) is 119 cm³/mol. The number of hydrogen-bond donors (Lipinski definition) is 0. The molecule has 0 aromatic heterocycles. The molecule has 2 aromatic carbocycles. The molecule has 3 rings (SSSR count). The molecule has 1 heteroatoms. The number of benzene rings is 2. The Morgan fingerprint density at radius 3 is 2.14 bits per heavy atom. The molecule has 146 valence electrons. The third kappa shape index (κ3) is 5.85. The van der Waals surface area contributed by atoms with Crippen molar-refractivity contribution in [1.29, 1.82) is 0 Å². The summed E-state index contributed by atoms with van der Waals surface area (Å²) < 4.78 is 5.60. The first-order chi connectivity index (χ1) is 13.8. The van der Waals surface area contributed by atoms with E-state index in [0.717, 1.165) is 18.3 Å². The molecule has 0 unspecified atom stereocenters. The largest absolute Gasteiger partial charge is 0.364 e. The second-order valence-corrected chi connectivity index (χ2v) is 7.66. The van der Waals surface area contributed by atoms with E-state index in [0.29, 0.717) is 13.2 Å². The van der Waals surface area contributed by atoms with Crippen LogP contribution < -0.4 is 0 Å². The molecule has 1 aliphatic carbocycles. The highest BCUT2D eigenvalue weighted by atomic mass is 16.5. The number of ether oxygens (including phenoxy) is 1. The molecule has 28 heavy (non-hydrogen) atoms. The van der Waals surface area contributed by atoms with E-state index in [1.54, 1.807) is 0 Å². The molecule has 0 radical (unpaired) electrons. The van der Waals surface area contributed by atoms with Crippen LogP contribution in [0.4, 0.5) is 0 Å². The van der Waals surface area contributed by atoms with Gasteiger partial charge in [0.15, 0.2) is 0 Å². The van der Waals surface area contributed by atoms with Crippen LogP contribution in [-0.4, -0.2) is 6.61 Å². The van der Waals surface area contributed by atoms with Crippen LogP contribution >= 0.6 is 0 Å². The summed E-state index contributed by atoms with van der Waals surface area (Å²) in [5, 5.41) is 0. The van der Waals surface area contributed by atoms with Gasteiger partial charge in [0.25, 0.3) is 0 Å². The second-order valence-electron chi connectivity index (χ2n) is 7.66. The van der Waals surface area contributed by atoms with Crippen molar-refractivity contribution in [1.82, 2.24) is 0 Å². The molecule has 1 aliphatic rings. The smallest absolute Gasteiger partial charge is 0.108 e. The van der Waals surface area contributed by atoms with Gasteiger partial charge < -0.3 is 4.74 Å². The van der Waals surface area contributed by atoms with Gasteiger partial charge in [0, 0.05) is 6.42 Å². The Hall–Kier alpha value is -2.30. The maximum Gasteiger partial charge on any atom is 0.108 e. The van der Waals surface area contributed by atoms with E-state index in [1.807, 2.05) is 6.92 Å². The van der Waals surface area contributed by atoms with Crippen LogP contribution in [0.15, 0.2) is 60.7 Å². The van der Waals surface area contributed by atoms with Crippen LogP contribution in [0, 0.1) is 17.8 Å². The van der Waals surface area contributed by atoms with Gasteiger partial charge in [0.05, 0.1) is 6.61 Å². The highest BCUT2D eigenvalue weighted by molar-refractivity contribution is 5.64. The maximum atomic E-state index is 5.60. The monoisotopic (exact) mass is 372 g/mol. The maximum absolute atomic E-state index is 5.60. The van der Waals surface area contributed by atoms with Crippen LogP contribution in [0.25, 0.3) is 11.1 Å². The quantitative estimate of drug-likeness (QED) is 0.298. The predicted octanol–water partition coefficient (Wildman–Crippen LogP) is 7.13. The summed E-state index contributed by atoms with van der Waals surface area (Å²) in [6, 6.07) is 17.9. The summed E-state index contributed by atoms with van der Waals surface area (Å²) in [7, 11) is 0. The highest BCUT2D eigenvalue weighted by Crippen LogP contribution is 2.36. The zero-order valence-electron chi connectivity index (χ0n) is 17.3. The van der Waals surface area contributed by atoms with Gasteiger partial charge in [-0.1, -0.05) is 73.5 Å². The lowest BCUT2D eigenvalue weighted by atomic mass is 9.78. The van der Waals surface area contributed by atoms with Gasteiger partial charge in [-0.05, 0) is 66.7 Å². The lowest BCUT2D eigenvalue weighted by Gasteiger charge is -2.27. The fourth-order valence-electron chi connectivity index (χ4n) is 4.05. The number of hydrogen-bond acceptors (Lipinski definition) is 1. The van der Waals surface area contributed by atoms with E-state index in [9.17, 15) is 0 Å². The summed E-state index contributed by atoms with van der Waals surface area (Å²) in [4.78, 5) is 0. The minimum atomic E-state index is 0.508. The van der Waals surface area contributed by atoms with Crippen LogP contribution in [0.3, 0.4) is 0 Å². The van der Waals surface area contributed by atoms with E-state index < -0.39 is 0 Å². The molecule has 1 saturated carbocycles. The zero-order valence-corrected chi connectivity index (χ0v) is 17.3. The molecular weight excluding hydrogens is 340 g/mol. The third-order valence-corrected chi connectivity index (χ3v) is 5.65. The molecule has 0 N–H and O–H groups in total. The summed E-state index contributed by atoms with van der Waals surface area (Å²) in [5.41, 5.74) is 5.24. The Bertz CT molecular complexity index is 794. The molecule has 0 saturated heterocycles. The van der Waals surface area contributed by atoms with Crippen molar-refractivity contribution in [3.63, 3.8) is 0 Å². The van der Waals surface area contributed by atoms with E-state index in [1.165, 1.54) is 47.9 Å². The summed E-state index contributed by atoms with van der Waals surface area (Å²) in [6.45, 7) is 5.31.